The third-order valence-electron chi connectivity index (χ3n) is 6.15. The van der Waals surface area contributed by atoms with Crippen LogP contribution in [0.15, 0.2) is 0 Å². The third kappa shape index (κ3) is 3.22. The van der Waals surface area contributed by atoms with E-state index in [0.717, 1.165) is 31.0 Å². The topological polar surface area (TPSA) is 21.3 Å². The largest absolute Gasteiger partial charge is 0.375 e. The van der Waals surface area contributed by atoms with Gasteiger partial charge >= 0.3 is 0 Å². The molecule has 1 saturated heterocycles. The fourth-order valence-corrected chi connectivity index (χ4v) is 5.19. The van der Waals surface area contributed by atoms with Crippen LogP contribution in [0.1, 0.15) is 77.6 Å². The van der Waals surface area contributed by atoms with Crippen LogP contribution in [-0.2, 0) is 4.74 Å². The lowest BCUT2D eigenvalue weighted by molar-refractivity contribution is -0.102. The molecule has 3 fully saturated rings. The molecule has 2 saturated carbocycles. The van der Waals surface area contributed by atoms with Crippen LogP contribution in [0.25, 0.3) is 0 Å². The number of nitrogens with one attached hydrogen (secondary N) is 1. The van der Waals surface area contributed by atoms with Crippen molar-refractivity contribution in [2.45, 2.75) is 89.2 Å². The van der Waals surface area contributed by atoms with Crippen molar-refractivity contribution in [2.24, 2.45) is 11.8 Å². The van der Waals surface area contributed by atoms with E-state index in [2.05, 4.69) is 12.2 Å². The maximum absolute atomic E-state index is 6.24. The summed E-state index contributed by atoms with van der Waals surface area (Å²) in [6.07, 6.45) is 15.4. The third-order valence-corrected chi connectivity index (χ3v) is 6.15. The van der Waals surface area contributed by atoms with Crippen LogP contribution in [0.3, 0.4) is 0 Å². The van der Waals surface area contributed by atoms with E-state index in [4.69, 9.17) is 4.74 Å². The van der Waals surface area contributed by atoms with Crippen LogP contribution < -0.4 is 5.32 Å². The number of rotatable bonds is 4. The Hall–Kier alpha value is -0.0800. The predicted molar refractivity (Wildman–Crippen MR) is 83.9 cm³/mol. The van der Waals surface area contributed by atoms with Crippen molar-refractivity contribution in [2.75, 3.05) is 13.2 Å². The highest BCUT2D eigenvalue weighted by molar-refractivity contribution is 4.96. The standard InChI is InChI=1S/C18H33NO/c1-2-19-17(15-8-4-3-5-9-15)16-10-13-20-18(14-16)11-6-7-12-18/h15-17,19H,2-14H2,1H3. The monoisotopic (exact) mass is 279 g/mol. The average Bonchev–Trinajstić information content (AvgIpc) is 2.93. The van der Waals surface area contributed by atoms with Gasteiger partial charge in [0, 0.05) is 12.6 Å². The Labute approximate surface area is 125 Å². The second kappa shape index (κ2) is 6.79. The lowest BCUT2D eigenvalue weighted by Gasteiger charge is -2.44. The molecular weight excluding hydrogens is 246 g/mol. The maximum atomic E-state index is 6.24. The maximum Gasteiger partial charge on any atom is 0.0685 e. The second-order valence-electron chi connectivity index (χ2n) is 7.47. The van der Waals surface area contributed by atoms with Crippen molar-refractivity contribution in [3.8, 4) is 0 Å². The minimum Gasteiger partial charge on any atom is -0.375 e. The molecule has 1 N–H and O–H groups in total. The lowest BCUT2D eigenvalue weighted by atomic mass is 9.72. The summed E-state index contributed by atoms with van der Waals surface area (Å²) in [7, 11) is 0. The normalized spacial score (nSPS) is 32.5. The Morgan fingerprint density at radius 1 is 1.00 bits per heavy atom. The van der Waals surface area contributed by atoms with Crippen molar-refractivity contribution in [3.05, 3.63) is 0 Å². The number of hydrogen-bond acceptors (Lipinski definition) is 2. The van der Waals surface area contributed by atoms with E-state index in [0.29, 0.717) is 0 Å². The van der Waals surface area contributed by atoms with Crippen LogP contribution in [0.4, 0.5) is 0 Å². The van der Waals surface area contributed by atoms with Gasteiger partial charge in [0.2, 0.25) is 0 Å². The summed E-state index contributed by atoms with van der Waals surface area (Å²) in [5.41, 5.74) is 0.283. The molecule has 1 heterocycles. The summed E-state index contributed by atoms with van der Waals surface area (Å²) >= 11 is 0. The van der Waals surface area contributed by atoms with Gasteiger partial charge in [-0.3, -0.25) is 0 Å². The average molecular weight is 279 g/mol. The zero-order valence-corrected chi connectivity index (χ0v) is 13.3. The van der Waals surface area contributed by atoms with Crippen LogP contribution >= 0.6 is 0 Å². The molecule has 3 rings (SSSR count). The summed E-state index contributed by atoms with van der Waals surface area (Å²) in [4.78, 5) is 0. The molecule has 1 aliphatic heterocycles. The molecule has 2 unspecified atom stereocenters. The van der Waals surface area contributed by atoms with Crippen LogP contribution in [0.5, 0.6) is 0 Å². The van der Waals surface area contributed by atoms with E-state index in [1.54, 1.807) is 0 Å². The summed E-state index contributed by atoms with van der Waals surface area (Å²) in [5, 5.41) is 3.87. The van der Waals surface area contributed by atoms with Crippen molar-refractivity contribution in [1.82, 2.24) is 5.32 Å². The first-order valence-electron chi connectivity index (χ1n) is 9.20. The van der Waals surface area contributed by atoms with Gasteiger partial charge in [-0.15, -0.1) is 0 Å². The SMILES string of the molecule is CCNC(C1CCCCC1)C1CCOC2(CCCC2)C1. The predicted octanol–water partition coefficient (Wildman–Crippen LogP) is 4.28. The fraction of sp³-hybridized carbons (Fsp3) is 1.00. The van der Waals surface area contributed by atoms with Gasteiger partial charge in [-0.2, -0.15) is 0 Å². The minimum absolute atomic E-state index is 0.283. The van der Waals surface area contributed by atoms with E-state index in [1.807, 2.05) is 0 Å². The van der Waals surface area contributed by atoms with Crippen molar-refractivity contribution < 1.29 is 4.74 Å². The van der Waals surface area contributed by atoms with Gasteiger partial charge in [0.05, 0.1) is 5.60 Å². The highest BCUT2D eigenvalue weighted by Crippen LogP contribution is 2.44. The van der Waals surface area contributed by atoms with Gasteiger partial charge < -0.3 is 10.1 Å². The van der Waals surface area contributed by atoms with Crippen molar-refractivity contribution in [3.63, 3.8) is 0 Å². The van der Waals surface area contributed by atoms with Gasteiger partial charge in [0.25, 0.3) is 0 Å². The Kier molecular flexibility index (Phi) is 5.04. The Morgan fingerprint density at radius 2 is 1.75 bits per heavy atom. The highest BCUT2D eigenvalue weighted by Gasteiger charge is 2.43. The second-order valence-corrected chi connectivity index (χ2v) is 7.47. The first kappa shape index (κ1) is 14.8. The zero-order valence-electron chi connectivity index (χ0n) is 13.3. The van der Waals surface area contributed by atoms with Gasteiger partial charge in [0.15, 0.2) is 0 Å². The molecule has 20 heavy (non-hydrogen) atoms. The fourth-order valence-electron chi connectivity index (χ4n) is 5.19. The van der Waals surface area contributed by atoms with E-state index in [9.17, 15) is 0 Å². The molecule has 1 spiro atoms. The first-order valence-corrected chi connectivity index (χ1v) is 9.20. The molecule has 0 amide bonds. The smallest absolute Gasteiger partial charge is 0.0685 e. The van der Waals surface area contributed by atoms with E-state index in [1.165, 1.54) is 70.6 Å². The van der Waals surface area contributed by atoms with Crippen LogP contribution in [0.2, 0.25) is 0 Å². The molecule has 2 nitrogen and oxygen atoms in total. The number of hydrogen-bond donors (Lipinski definition) is 1. The lowest BCUT2D eigenvalue weighted by Crippen LogP contribution is -2.49. The van der Waals surface area contributed by atoms with Gasteiger partial charge in [-0.05, 0) is 56.9 Å². The molecule has 0 aromatic heterocycles. The molecule has 2 aliphatic carbocycles. The molecule has 2 heteroatoms. The molecule has 0 bridgehead atoms. The van der Waals surface area contributed by atoms with E-state index in [-0.39, 0.29) is 5.60 Å². The molecule has 0 aromatic rings. The molecule has 116 valence electrons. The van der Waals surface area contributed by atoms with Gasteiger partial charge in [0.1, 0.15) is 0 Å². The number of ether oxygens (including phenoxy) is 1. The molecule has 3 aliphatic rings. The van der Waals surface area contributed by atoms with Crippen molar-refractivity contribution >= 4 is 0 Å². The zero-order chi connectivity index (χ0) is 13.8. The van der Waals surface area contributed by atoms with Gasteiger partial charge in [-0.25, -0.2) is 0 Å². The van der Waals surface area contributed by atoms with Gasteiger partial charge in [-0.1, -0.05) is 39.0 Å². The Morgan fingerprint density at radius 3 is 2.45 bits per heavy atom. The quantitative estimate of drug-likeness (QED) is 0.829. The molecule has 2 atom stereocenters. The summed E-state index contributed by atoms with van der Waals surface area (Å²) in [6, 6.07) is 0.765. The van der Waals surface area contributed by atoms with E-state index < -0.39 is 0 Å². The van der Waals surface area contributed by atoms with E-state index >= 15 is 0 Å². The summed E-state index contributed by atoms with van der Waals surface area (Å²) in [6.45, 7) is 4.42. The van der Waals surface area contributed by atoms with Crippen molar-refractivity contribution in [1.29, 1.82) is 0 Å². The Balaban J connectivity index is 1.66. The summed E-state index contributed by atoms with van der Waals surface area (Å²) in [5.74, 6) is 1.80. The minimum atomic E-state index is 0.283. The highest BCUT2D eigenvalue weighted by atomic mass is 16.5. The molecular formula is C18H33NO. The Bertz CT molecular complexity index is 292. The molecule has 0 aromatic carbocycles. The summed E-state index contributed by atoms with van der Waals surface area (Å²) < 4.78 is 6.24. The molecule has 0 radical (unpaired) electrons. The van der Waals surface area contributed by atoms with Crippen LogP contribution in [-0.4, -0.2) is 24.8 Å². The first-order chi connectivity index (χ1) is 9.83. The van der Waals surface area contributed by atoms with Crippen LogP contribution in [0, 0.1) is 11.8 Å².